The van der Waals surface area contributed by atoms with Crippen LogP contribution in [0.3, 0.4) is 0 Å². The molecule has 28 heavy (non-hydrogen) atoms. The van der Waals surface area contributed by atoms with Gasteiger partial charge in [0.1, 0.15) is 0 Å². The van der Waals surface area contributed by atoms with Gasteiger partial charge in [-0.2, -0.15) is 0 Å². The summed E-state index contributed by atoms with van der Waals surface area (Å²) < 4.78 is 0. The Kier molecular flexibility index (Phi) is 5.98. The number of imidazole rings is 1. The number of fused-ring (bicyclic) bond motifs is 2. The van der Waals surface area contributed by atoms with Crippen LogP contribution in [0, 0.1) is 18.8 Å². The molecule has 0 unspecified atom stereocenters. The van der Waals surface area contributed by atoms with Gasteiger partial charge in [-0.05, 0) is 42.2 Å². The first-order chi connectivity index (χ1) is 12.7. The van der Waals surface area contributed by atoms with E-state index in [0.29, 0.717) is 11.8 Å². The lowest BCUT2D eigenvalue weighted by Gasteiger charge is -2.29. The minimum Gasteiger partial charge on any atom is -0.345 e. The first-order valence-corrected chi connectivity index (χ1v) is 9.23. The third-order valence-electron chi connectivity index (χ3n) is 6.00. The van der Waals surface area contributed by atoms with Gasteiger partial charge in [0.25, 0.3) is 5.91 Å². The van der Waals surface area contributed by atoms with E-state index in [1.54, 1.807) is 6.33 Å². The summed E-state index contributed by atoms with van der Waals surface area (Å²) in [6.07, 6.45) is 1.67. The Bertz CT molecular complexity index is 989. The van der Waals surface area contributed by atoms with E-state index < -0.39 is 0 Å². The summed E-state index contributed by atoms with van der Waals surface area (Å²) in [4.78, 5) is 22.9. The first-order valence-electron chi connectivity index (χ1n) is 9.23. The molecule has 148 valence electrons. The topological polar surface area (TPSA) is 61.0 Å². The summed E-state index contributed by atoms with van der Waals surface area (Å²) in [5, 5.41) is 3.51. The molecule has 3 aromatic rings. The van der Waals surface area contributed by atoms with Gasteiger partial charge in [0.15, 0.2) is 0 Å². The minimum absolute atomic E-state index is 0. The number of hydrogen-bond donors (Lipinski definition) is 2. The maximum Gasteiger partial charge on any atom is 0.254 e. The molecule has 1 aromatic heterocycles. The number of aryl methyl sites for hydroxylation is 1. The van der Waals surface area contributed by atoms with E-state index in [-0.39, 0.29) is 36.8 Å². The summed E-state index contributed by atoms with van der Waals surface area (Å²) in [6, 6.07) is 14.3. The molecule has 2 saturated heterocycles. The monoisotopic (exact) mass is 418 g/mol. The van der Waals surface area contributed by atoms with Crippen molar-refractivity contribution in [1.82, 2.24) is 20.2 Å². The normalized spacial score (nSPS) is 23.2. The van der Waals surface area contributed by atoms with Crippen LogP contribution >= 0.6 is 24.8 Å². The summed E-state index contributed by atoms with van der Waals surface area (Å²) >= 11 is 0. The quantitative estimate of drug-likeness (QED) is 0.665. The number of H-pyrrole nitrogens is 1. The van der Waals surface area contributed by atoms with Gasteiger partial charge in [0.2, 0.25) is 0 Å². The van der Waals surface area contributed by atoms with Crippen molar-refractivity contribution in [3.05, 3.63) is 65.5 Å². The number of aromatic nitrogens is 2. The van der Waals surface area contributed by atoms with E-state index in [9.17, 15) is 4.79 Å². The van der Waals surface area contributed by atoms with Crippen LogP contribution in [0.2, 0.25) is 0 Å². The molecular formula is C21H24Cl2N4O. The van der Waals surface area contributed by atoms with Crippen molar-refractivity contribution in [2.75, 3.05) is 19.6 Å². The molecule has 2 fully saturated rings. The third kappa shape index (κ3) is 3.28. The van der Waals surface area contributed by atoms with Crippen LogP contribution in [0.1, 0.15) is 27.5 Å². The van der Waals surface area contributed by atoms with Gasteiger partial charge < -0.3 is 15.2 Å². The summed E-state index contributed by atoms with van der Waals surface area (Å²) in [6.45, 7) is 4.93. The molecule has 2 N–H and O–H groups in total. The molecule has 0 bridgehead atoms. The number of amides is 1. The second-order valence-electron chi connectivity index (χ2n) is 7.48. The molecule has 5 rings (SSSR count). The van der Waals surface area contributed by atoms with Crippen LogP contribution < -0.4 is 5.32 Å². The second-order valence-corrected chi connectivity index (χ2v) is 7.48. The van der Waals surface area contributed by atoms with Crippen LogP contribution in [0.5, 0.6) is 0 Å². The fourth-order valence-electron chi connectivity index (χ4n) is 4.68. The zero-order valence-electron chi connectivity index (χ0n) is 15.6. The smallest absolute Gasteiger partial charge is 0.254 e. The number of nitrogens with zero attached hydrogens (tertiary/aromatic N) is 2. The highest BCUT2D eigenvalue weighted by Gasteiger charge is 2.47. The number of halogens is 2. The van der Waals surface area contributed by atoms with E-state index in [4.69, 9.17) is 0 Å². The Morgan fingerprint density at radius 1 is 1.14 bits per heavy atom. The van der Waals surface area contributed by atoms with Gasteiger partial charge in [-0.15, -0.1) is 24.8 Å². The van der Waals surface area contributed by atoms with Crippen LogP contribution in [0.25, 0.3) is 11.0 Å². The predicted octanol–water partition coefficient (Wildman–Crippen LogP) is 3.75. The highest BCUT2D eigenvalue weighted by molar-refractivity contribution is 5.97. The average molecular weight is 419 g/mol. The van der Waals surface area contributed by atoms with E-state index in [2.05, 4.69) is 51.4 Å². The van der Waals surface area contributed by atoms with Gasteiger partial charge in [-0.3, -0.25) is 4.79 Å². The average Bonchev–Trinajstić information content (AvgIpc) is 3.36. The number of likely N-dealkylation sites (tertiary alicyclic amines) is 1. The molecular weight excluding hydrogens is 395 g/mol. The SMILES string of the molecule is Cc1ccccc1[C@@H]1[C@H]2CNC[C@H]2CN1C(=O)c1ccc2nc[nH]c2c1.Cl.Cl. The third-order valence-corrected chi connectivity index (χ3v) is 6.00. The number of benzene rings is 2. The van der Waals surface area contributed by atoms with Crippen molar-refractivity contribution in [3.8, 4) is 0 Å². The van der Waals surface area contributed by atoms with E-state index in [1.807, 2.05) is 18.2 Å². The first kappa shape index (κ1) is 20.6. The zero-order chi connectivity index (χ0) is 17.7. The number of carbonyl (C=O) groups is 1. The highest BCUT2D eigenvalue weighted by Crippen LogP contribution is 2.44. The molecule has 7 heteroatoms. The Morgan fingerprint density at radius 3 is 2.79 bits per heavy atom. The molecule has 0 aliphatic carbocycles. The van der Waals surface area contributed by atoms with Crippen LogP contribution in [-0.2, 0) is 0 Å². The molecule has 3 heterocycles. The van der Waals surface area contributed by atoms with Crippen molar-refractivity contribution >= 4 is 41.8 Å². The van der Waals surface area contributed by atoms with Crippen LogP contribution in [-0.4, -0.2) is 40.4 Å². The predicted molar refractivity (Wildman–Crippen MR) is 115 cm³/mol. The molecule has 1 amide bonds. The molecule has 2 aliphatic heterocycles. The summed E-state index contributed by atoms with van der Waals surface area (Å²) in [5.74, 6) is 1.12. The Morgan fingerprint density at radius 2 is 1.96 bits per heavy atom. The lowest BCUT2D eigenvalue weighted by molar-refractivity contribution is 0.0714. The number of carbonyl (C=O) groups excluding carboxylic acids is 1. The number of aromatic amines is 1. The minimum atomic E-state index is 0. The molecule has 2 aliphatic rings. The molecule has 3 atom stereocenters. The van der Waals surface area contributed by atoms with Gasteiger partial charge in [0, 0.05) is 31.1 Å². The van der Waals surface area contributed by atoms with Crippen molar-refractivity contribution in [2.45, 2.75) is 13.0 Å². The standard InChI is InChI=1S/C21H22N4O.2ClH/c1-13-4-2-3-5-16(13)20-17-10-22-9-15(17)11-25(20)21(26)14-6-7-18-19(8-14)24-12-23-18;;/h2-8,12,15,17,20,22H,9-11H2,1H3,(H,23,24);2*1H/t15-,17-,20+;;/m0../s1. The summed E-state index contributed by atoms with van der Waals surface area (Å²) in [7, 11) is 0. The van der Waals surface area contributed by atoms with Crippen molar-refractivity contribution < 1.29 is 4.79 Å². The molecule has 0 radical (unpaired) electrons. The van der Waals surface area contributed by atoms with Gasteiger partial charge in [0.05, 0.1) is 23.4 Å². The van der Waals surface area contributed by atoms with Crippen molar-refractivity contribution in [1.29, 1.82) is 0 Å². The van der Waals surface area contributed by atoms with Gasteiger partial charge in [-0.25, -0.2) is 4.98 Å². The lowest BCUT2D eigenvalue weighted by atomic mass is 9.87. The van der Waals surface area contributed by atoms with Crippen molar-refractivity contribution in [3.63, 3.8) is 0 Å². The largest absolute Gasteiger partial charge is 0.345 e. The number of nitrogens with one attached hydrogen (secondary N) is 2. The fourth-order valence-corrected chi connectivity index (χ4v) is 4.68. The van der Waals surface area contributed by atoms with Crippen LogP contribution in [0.15, 0.2) is 48.8 Å². The summed E-state index contributed by atoms with van der Waals surface area (Å²) in [5.41, 5.74) is 5.06. The molecule has 2 aromatic carbocycles. The zero-order valence-corrected chi connectivity index (χ0v) is 17.2. The number of rotatable bonds is 2. The lowest BCUT2D eigenvalue weighted by Crippen LogP contribution is -2.35. The Hall–Kier alpha value is -2.08. The van der Waals surface area contributed by atoms with E-state index in [1.165, 1.54) is 11.1 Å². The second kappa shape index (κ2) is 8.11. The fraction of sp³-hybridized carbons (Fsp3) is 0.333. The Balaban J connectivity index is 0.00000112. The maximum absolute atomic E-state index is 13.4. The van der Waals surface area contributed by atoms with Gasteiger partial charge in [-0.1, -0.05) is 24.3 Å². The van der Waals surface area contributed by atoms with E-state index >= 15 is 0 Å². The Labute approximate surface area is 176 Å². The van der Waals surface area contributed by atoms with Crippen molar-refractivity contribution in [2.24, 2.45) is 11.8 Å². The van der Waals surface area contributed by atoms with E-state index in [0.717, 1.165) is 36.2 Å². The maximum atomic E-state index is 13.4. The molecule has 0 spiro atoms. The van der Waals surface area contributed by atoms with Gasteiger partial charge >= 0.3 is 0 Å². The highest BCUT2D eigenvalue weighted by atomic mass is 35.5. The number of hydrogen-bond acceptors (Lipinski definition) is 3. The molecule has 0 saturated carbocycles. The van der Waals surface area contributed by atoms with Crippen LogP contribution in [0.4, 0.5) is 0 Å². The molecule has 5 nitrogen and oxygen atoms in total.